The summed E-state index contributed by atoms with van der Waals surface area (Å²) >= 11 is 0. The van der Waals surface area contributed by atoms with Gasteiger partial charge in [0, 0.05) is 39.2 Å². The summed E-state index contributed by atoms with van der Waals surface area (Å²) in [4.78, 5) is 36.2. The van der Waals surface area contributed by atoms with Gasteiger partial charge < -0.3 is 9.80 Å². The Labute approximate surface area is 140 Å². The zero-order valence-corrected chi connectivity index (χ0v) is 13.9. The van der Waals surface area contributed by atoms with Crippen molar-refractivity contribution in [2.24, 2.45) is 0 Å². The molecular formula is C17H21N5O2. The van der Waals surface area contributed by atoms with E-state index in [9.17, 15) is 9.59 Å². The molecule has 0 radical (unpaired) electrons. The minimum atomic E-state index is -0.402. The number of carbonyl (C=O) groups excluding carboxylic acids is 1. The molecule has 1 aliphatic heterocycles. The molecule has 7 nitrogen and oxygen atoms in total. The zero-order valence-electron chi connectivity index (χ0n) is 13.9. The third-order valence-corrected chi connectivity index (χ3v) is 4.27. The van der Waals surface area contributed by atoms with Gasteiger partial charge in [0.25, 0.3) is 0 Å². The van der Waals surface area contributed by atoms with Gasteiger partial charge in [-0.25, -0.2) is 14.8 Å². The second-order valence-electron chi connectivity index (χ2n) is 6.12. The standard InChI is InChI=1S/C17H21N5O2/c1-20(2)15-11-13(6-8-18-15)14-5-3-10-22(14)16(23)12-21-9-4-7-19-17(21)24/h4,6-9,11,14H,3,5,10,12H2,1-2H3/t14-/m1/s1. The third-order valence-electron chi connectivity index (χ3n) is 4.27. The first kappa shape index (κ1) is 16.2. The molecule has 0 spiro atoms. The van der Waals surface area contributed by atoms with Crippen LogP contribution >= 0.6 is 0 Å². The summed E-state index contributed by atoms with van der Waals surface area (Å²) in [7, 11) is 3.89. The molecule has 1 amide bonds. The molecule has 24 heavy (non-hydrogen) atoms. The lowest BCUT2D eigenvalue weighted by molar-refractivity contribution is -0.132. The topological polar surface area (TPSA) is 71.3 Å². The number of carbonyl (C=O) groups is 1. The van der Waals surface area contributed by atoms with E-state index in [-0.39, 0.29) is 18.5 Å². The number of rotatable bonds is 4. The maximum atomic E-state index is 12.7. The Bertz CT molecular complexity index is 786. The van der Waals surface area contributed by atoms with Gasteiger partial charge in [-0.05, 0) is 36.6 Å². The van der Waals surface area contributed by atoms with Crippen LogP contribution in [0, 0.1) is 0 Å². The average molecular weight is 327 g/mol. The SMILES string of the molecule is CN(C)c1cc([C@H]2CCCN2C(=O)Cn2cccnc2=O)ccn1. The molecular weight excluding hydrogens is 306 g/mol. The van der Waals surface area contributed by atoms with Gasteiger partial charge in [0.05, 0.1) is 6.04 Å². The van der Waals surface area contributed by atoms with E-state index in [4.69, 9.17) is 0 Å². The molecule has 0 bridgehead atoms. The fraction of sp³-hybridized carbons (Fsp3) is 0.412. The van der Waals surface area contributed by atoms with E-state index in [2.05, 4.69) is 9.97 Å². The van der Waals surface area contributed by atoms with Gasteiger partial charge in [-0.3, -0.25) is 9.36 Å². The normalized spacial score (nSPS) is 17.1. The van der Waals surface area contributed by atoms with Gasteiger partial charge in [-0.15, -0.1) is 0 Å². The summed E-state index contributed by atoms with van der Waals surface area (Å²) in [6.45, 7) is 0.729. The molecule has 0 saturated carbocycles. The van der Waals surface area contributed by atoms with E-state index < -0.39 is 5.69 Å². The molecule has 1 atom stereocenters. The van der Waals surface area contributed by atoms with Crippen LogP contribution in [0.5, 0.6) is 0 Å². The van der Waals surface area contributed by atoms with Crippen LogP contribution in [0.3, 0.4) is 0 Å². The van der Waals surface area contributed by atoms with E-state index in [0.29, 0.717) is 6.54 Å². The summed E-state index contributed by atoms with van der Waals surface area (Å²) in [5, 5.41) is 0. The lowest BCUT2D eigenvalue weighted by Gasteiger charge is -2.26. The van der Waals surface area contributed by atoms with Crippen molar-refractivity contribution in [2.75, 3.05) is 25.5 Å². The number of anilines is 1. The van der Waals surface area contributed by atoms with Gasteiger partial charge in [0.2, 0.25) is 5.91 Å². The highest BCUT2D eigenvalue weighted by Crippen LogP contribution is 2.33. The van der Waals surface area contributed by atoms with Crippen molar-refractivity contribution >= 4 is 11.7 Å². The predicted molar refractivity (Wildman–Crippen MR) is 90.7 cm³/mol. The van der Waals surface area contributed by atoms with Gasteiger partial charge >= 0.3 is 5.69 Å². The predicted octanol–water partition coefficient (Wildman–Crippen LogP) is 1.07. The van der Waals surface area contributed by atoms with Crippen LogP contribution in [-0.2, 0) is 11.3 Å². The molecule has 3 rings (SSSR count). The third kappa shape index (κ3) is 3.29. The van der Waals surface area contributed by atoms with E-state index in [1.165, 1.54) is 10.8 Å². The second-order valence-corrected chi connectivity index (χ2v) is 6.12. The Morgan fingerprint density at radius 2 is 2.17 bits per heavy atom. The highest BCUT2D eigenvalue weighted by Gasteiger charge is 2.30. The van der Waals surface area contributed by atoms with Gasteiger partial charge in [-0.2, -0.15) is 0 Å². The zero-order chi connectivity index (χ0) is 17.1. The Hall–Kier alpha value is -2.70. The Balaban J connectivity index is 1.80. The molecule has 1 saturated heterocycles. The monoisotopic (exact) mass is 327 g/mol. The smallest absolute Gasteiger partial charge is 0.347 e. The first-order chi connectivity index (χ1) is 11.6. The van der Waals surface area contributed by atoms with Crippen molar-refractivity contribution in [3.63, 3.8) is 0 Å². The van der Waals surface area contributed by atoms with Crippen LogP contribution in [-0.4, -0.2) is 46.0 Å². The molecule has 7 heteroatoms. The first-order valence-corrected chi connectivity index (χ1v) is 8.00. The van der Waals surface area contributed by atoms with E-state index in [1.54, 1.807) is 18.5 Å². The summed E-state index contributed by atoms with van der Waals surface area (Å²) in [6.07, 6.45) is 6.68. The van der Waals surface area contributed by atoms with Crippen molar-refractivity contribution in [3.8, 4) is 0 Å². The number of pyridine rings is 1. The summed E-state index contributed by atoms with van der Waals surface area (Å²) in [5.41, 5.74) is 0.679. The Kier molecular flexibility index (Phi) is 4.59. The number of aromatic nitrogens is 3. The molecule has 3 heterocycles. The highest BCUT2D eigenvalue weighted by molar-refractivity contribution is 5.77. The van der Waals surface area contributed by atoms with Gasteiger partial charge in [0.15, 0.2) is 0 Å². The molecule has 1 aliphatic rings. The number of hydrogen-bond acceptors (Lipinski definition) is 5. The van der Waals surface area contributed by atoms with Crippen LogP contribution in [0.4, 0.5) is 5.82 Å². The van der Waals surface area contributed by atoms with E-state index in [0.717, 1.165) is 24.2 Å². The van der Waals surface area contributed by atoms with Crippen molar-refractivity contribution < 1.29 is 4.79 Å². The van der Waals surface area contributed by atoms with Crippen molar-refractivity contribution in [1.82, 2.24) is 19.4 Å². The minimum absolute atomic E-state index is 0.0226. The number of likely N-dealkylation sites (tertiary alicyclic amines) is 1. The molecule has 0 unspecified atom stereocenters. The molecule has 0 N–H and O–H groups in total. The second kappa shape index (κ2) is 6.82. The lowest BCUT2D eigenvalue weighted by Crippen LogP contribution is -2.36. The van der Waals surface area contributed by atoms with Crippen molar-refractivity contribution in [2.45, 2.75) is 25.4 Å². The minimum Gasteiger partial charge on any atom is -0.363 e. The molecule has 2 aromatic heterocycles. The van der Waals surface area contributed by atoms with Crippen molar-refractivity contribution in [3.05, 3.63) is 52.8 Å². The number of amides is 1. The van der Waals surface area contributed by atoms with Gasteiger partial charge in [-0.1, -0.05) is 0 Å². The van der Waals surface area contributed by atoms with Crippen LogP contribution < -0.4 is 10.6 Å². The molecule has 1 fully saturated rings. The quantitative estimate of drug-likeness (QED) is 0.840. The van der Waals surface area contributed by atoms with E-state index >= 15 is 0 Å². The summed E-state index contributed by atoms with van der Waals surface area (Å²) < 4.78 is 1.34. The Morgan fingerprint density at radius 1 is 1.33 bits per heavy atom. The highest BCUT2D eigenvalue weighted by atomic mass is 16.2. The van der Waals surface area contributed by atoms with Crippen LogP contribution in [0.15, 0.2) is 41.6 Å². The van der Waals surface area contributed by atoms with Crippen LogP contribution in [0.1, 0.15) is 24.4 Å². The van der Waals surface area contributed by atoms with Gasteiger partial charge in [0.1, 0.15) is 12.4 Å². The molecule has 126 valence electrons. The number of hydrogen-bond donors (Lipinski definition) is 0. The molecule has 0 aliphatic carbocycles. The average Bonchev–Trinajstić information content (AvgIpc) is 3.07. The maximum Gasteiger partial charge on any atom is 0.347 e. The summed E-state index contributed by atoms with van der Waals surface area (Å²) in [6, 6.07) is 5.67. The molecule has 2 aromatic rings. The molecule has 0 aromatic carbocycles. The fourth-order valence-corrected chi connectivity index (χ4v) is 3.04. The largest absolute Gasteiger partial charge is 0.363 e. The van der Waals surface area contributed by atoms with Crippen LogP contribution in [0.25, 0.3) is 0 Å². The maximum absolute atomic E-state index is 12.7. The first-order valence-electron chi connectivity index (χ1n) is 8.00. The summed E-state index contributed by atoms with van der Waals surface area (Å²) in [5.74, 6) is 0.811. The Morgan fingerprint density at radius 3 is 2.92 bits per heavy atom. The van der Waals surface area contributed by atoms with Crippen LogP contribution in [0.2, 0.25) is 0 Å². The van der Waals surface area contributed by atoms with Crippen molar-refractivity contribution in [1.29, 1.82) is 0 Å². The lowest BCUT2D eigenvalue weighted by atomic mass is 10.1. The number of nitrogens with zero attached hydrogens (tertiary/aromatic N) is 5. The fourth-order valence-electron chi connectivity index (χ4n) is 3.04. The van der Waals surface area contributed by atoms with E-state index in [1.807, 2.05) is 36.0 Å².